The maximum atomic E-state index is 12.4. The van der Waals surface area contributed by atoms with Crippen molar-refractivity contribution < 1.29 is 9.59 Å². The molecule has 148 valence electrons. The Balaban J connectivity index is 1.55. The third-order valence-electron chi connectivity index (χ3n) is 5.40. The first-order valence-corrected chi connectivity index (χ1v) is 9.62. The van der Waals surface area contributed by atoms with E-state index in [1.807, 2.05) is 62.4 Å². The molecule has 1 saturated heterocycles. The van der Waals surface area contributed by atoms with E-state index in [9.17, 15) is 9.59 Å². The molecule has 0 saturated carbocycles. The second kappa shape index (κ2) is 8.99. The van der Waals surface area contributed by atoms with Crippen LogP contribution < -0.4 is 11.1 Å². The third kappa shape index (κ3) is 4.77. The lowest BCUT2D eigenvalue weighted by atomic mass is 10.0. The number of nitrogens with two attached hydrogens (primary N) is 1. The lowest BCUT2D eigenvalue weighted by Crippen LogP contribution is -2.51. The normalized spacial score (nSPS) is 16.5. The van der Waals surface area contributed by atoms with Gasteiger partial charge in [0.1, 0.15) is 6.04 Å². The quantitative estimate of drug-likeness (QED) is 0.804. The Morgan fingerprint density at radius 2 is 1.68 bits per heavy atom. The molecule has 1 fully saturated rings. The van der Waals surface area contributed by atoms with Gasteiger partial charge in [0, 0.05) is 31.9 Å². The number of nitrogens with zero attached hydrogens (tertiary/aromatic N) is 2. The summed E-state index contributed by atoms with van der Waals surface area (Å²) < 4.78 is 0. The largest absolute Gasteiger partial charge is 0.368 e. The van der Waals surface area contributed by atoms with Gasteiger partial charge in [-0.3, -0.25) is 19.4 Å². The molecule has 28 heavy (non-hydrogen) atoms. The van der Waals surface area contributed by atoms with E-state index in [4.69, 9.17) is 5.73 Å². The molecule has 3 N–H and O–H groups in total. The molecular weight excluding hydrogens is 352 g/mol. The molecule has 0 aliphatic carbocycles. The van der Waals surface area contributed by atoms with Crippen molar-refractivity contribution in [2.24, 2.45) is 5.73 Å². The minimum Gasteiger partial charge on any atom is -0.368 e. The second-order valence-corrected chi connectivity index (χ2v) is 7.32. The summed E-state index contributed by atoms with van der Waals surface area (Å²) in [5.41, 5.74) is 9.69. The van der Waals surface area contributed by atoms with E-state index in [-0.39, 0.29) is 11.8 Å². The lowest BCUT2D eigenvalue weighted by molar-refractivity contribution is -0.125. The van der Waals surface area contributed by atoms with Crippen LogP contribution in [0.15, 0.2) is 48.5 Å². The van der Waals surface area contributed by atoms with Gasteiger partial charge in [-0.2, -0.15) is 0 Å². The standard InChI is InChI=1S/C22H28N4O2/c1-16-7-6-10-19(17(16)2)24-20(27)15-25-11-13-26(14-12-25)21(22(23)28)18-8-4-3-5-9-18/h3-10,21H,11-15H2,1-2H3,(H2,23,28)(H,24,27)/t21-/m0/s1. The molecular formula is C22H28N4O2. The Morgan fingerprint density at radius 1 is 1.00 bits per heavy atom. The fraction of sp³-hybridized carbons (Fsp3) is 0.364. The molecule has 1 aliphatic heterocycles. The van der Waals surface area contributed by atoms with Crippen LogP contribution >= 0.6 is 0 Å². The number of rotatable bonds is 6. The van der Waals surface area contributed by atoms with Crippen LogP contribution in [-0.4, -0.2) is 54.3 Å². The molecule has 6 heteroatoms. The summed E-state index contributed by atoms with van der Waals surface area (Å²) in [5.74, 6) is -0.357. The molecule has 1 atom stereocenters. The highest BCUT2D eigenvalue weighted by atomic mass is 16.2. The molecule has 6 nitrogen and oxygen atoms in total. The van der Waals surface area contributed by atoms with Gasteiger partial charge in [0.2, 0.25) is 11.8 Å². The van der Waals surface area contributed by atoms with Crippen molar-refractivity contribution in [3.8, 4) is 0 Å². The van der Waals surface area contributed by atoms with Crippen LogP contribution in [0.2, 0.25) is 0 Å². The topological polar surface area (TPSA) is 78.7 Å². The van der Waals surface area contributed by atoms with Crippen molar-refractivity contribution in [1.82, 2.24) is 9.80 Å². The van der Waals surface area contributed by atoms with Gasteiger partial charge in [0.15, 0.2) is 0 Å². The van der Waals surface area contributed by atoms with E-state index in [0.717, 1.165) is 35.5 Å². The first-order chi connectivity index (χ1) is 13.5. The zero-order valence-electron chi connectivity index (χ0n) is 16.5. The predicted octanol–water partition coefficient (Wildman–Crippen LogP) is 2.09. The van der Waals surface area contributed by atoms with E-state index in [1.54, 1.807) is 0 Å². The maximum Gasteiger partial charge on any atom is 0.239 e. The average Bonchev–Trinajstić information content (AvgIpc) is 2.67. The number of anilines is 1. The predicted molar refractivity (Wildman–Crippen MR) is 111 cm³/mol. The molecule has 1 heterocycles. The van der Waals surface area contributed by atoms with Gasteiger partial charge in [0.25, 0.3) is 0 Å². The molecule has 0 spiro atoms. The summed E-state index contributed by atoms with van der Waals surface area (Å²) in [6.07, 6.45) is 0. The highest BCUT2D eigenvalue weighted by molar-refractivity contribution is 5.93. The minimum absolute atomic E-state index is 0.0170. The molecule has 3 rings (SSSR count). The number of primary amides is 1. The van der Waals surface area contributed by atoms with Crippen LogP contribution in [0, 0.1) is 13.8 Å². The SMILES string of the molecule is Cc1cccc(NC(=O)CN2CCN([C@H](C(N)=O)c3ccccc3)CC2)c1C. The Bertz CT molecular complexity index is 830. The minimum atomic E-state index is -0.424. The summed E-state index contributed by atoms with van der Waals surface area (Å²) >= 11 is 0. The fourth-order valence-corrected chi connectivity index (χ4v) is 3.65. The van der Waals surface area contributed by atoms with Crippen molar-refractivity contribution in [2.75, 3.05) is 38.0 Å². The highest BCUT2D eigenvalue weighted by Gasteiger charge is 2.29. The second-order valence-electron chi connectivity index (χ2n) is 7.32. The monoisotopic (exact) mass is 380 g/mol. The van der Waals surface area contributed by atoms with E-state index in [1.165, 1.54) is 0 Å². The number of benzene rings is 2. The Hall–Kier alpha value is -2.70. The zero-order chi connectivity index (χ0) is 20.1. The van der Waals surface area contributed by atoms with Gasteiger partial charge < -0.3 is 11.1 Å². The molecule has 1 aliphatic rings. The molecule has 2 amide bonds. The van der Waals surface area contributed by atoms with Crippen molar-refractivity contribution in [2.45, 2.75) is 19.9 Å². The van der Waals surface area contributed by atoms with Crippen LogP contribution in [0.4, 0.5) is 5.69 Å². The summed E-state index contributed by atoms with van der Waals surface area (Å²) in [6.45, 7) is 7.21. The Morgan fingerprint density at radius 3 is 2.32 bits per heavy atom. The highest BCUT2D eigenvalue weighted by Crippen LogP contribution is 2.22. The van der Waals surface area contributed by atoms with Gasteiger partial charge in [0.05, 0.1) is 6.54 Å². The summed E-state index contributed by atoms with van der Waals surface area (Å²) in [7, 11) is 0. The third-order valence-corrected chi connectivity index (χ3v) is 5.40. The molecule has 2 aromatic rings. The van der Waals surface area contributed by atoms with Crippen molar-refractivity contribution in [3.05, 3.63) is 65.2 Å². The fourth-order valence-electron chi connectivity index (χ4n) is 3.65. The number of carbonyl (C=O) groups is 2. The number of hydrogen-bond donors (Lipinski definition) is 2. The van der Waals surface area contributed by atoms with E-state index < -0.39 is 6.04 Å². The number of hydrogen-bond acceptors (Lipinski definition) is 4. The summed E-state index contributed by atoms with van der Waals surface area (Å²) in [5, 5.41) is 3.01. The lowest BCUT2D eigenvalue weighted by Gasteiger charge is -2.38. The smallest absolute Gasteiger partial charge is 0.239 e. The van der Waals surface area contributed by atoms with E-state index in [0.29, 0.717) is 19.6 Å². The van der Waals surface area contributed by atoms with Gasteiger partial charge in [-0.15, -0.1) is 0 Å². The Kier molecular flexibility index (Phi) is 6.44. The van der Waals surface area contributed by atoms with Crippen molar-refractivity contribution >= 4 is 17.5 Å². The van der Waals surface area contributed by atoms with Crippen LogP contribution in [0.25, 0.3) is 0 Å². The van der Waals surface area contributed by atoms with Gasteiger partial charge in [-0.05, 0) is 36.6 Å². The number of amides is 2. The molecule has 2 aromatic carbocycles. The maximum absolute atomic E-state index is 12.4. The molecule has 0 bridgehead atoms. The number of carbonyl (C=O) groups excluding carboxylic acids is 2. The number of aryl methyl sites for hydroxylation is 1. The molecule has 0 aromatic heterocycles. The molecule has 0 radical (unpaired) electrons. The Labute approximate surface area is 166 Å². The van der Waals surface area contributed by atoms with Crippen LogP contribution in [0.1, 0.15) is 22.7 Å². The van der Waals surface area contributed by atoms with Crippen molar-refractivity contribution in [1.29, 1.82) is 0 Å². The average molecular weight is 380 g/mol. The first kappa shape index (κ1) is 20.0. The number of nitrogens with one attached hydrogen (secondary N) is 1. The van der Waals surface area contributed by atoms with Gasteiger partial charge in [-0.1, -0.05) is 42.5 Å². The van der Waals surface area contributed by atoms with Crippen LogP contribution in [0.3, 0.4) is 0 Å². The van der Waals surface area contributed by atoms with Crippen molar-refractivity contribution in [3.63, 3.8) is 0 Å². The van der Waals surface area contributed by atoms with Gasteiger partial charge in [-0.25, -0.2) is 0 Å². The first-order valence-electron chi connectivity index (χ1n) is 9.62. The zero-order valence-corrected chi connectivity index (χ0v) is 16.5. The summed E-state index contributed by atoms with van der Waals surface area (Å²) in [4.78, 5) is 28.7. The number of piperazine rings is 1. The van der Waals surface area contributed by atoms with Crippen LogP contribution in [0.5, 0.6) is 0 Å². The molecule has 0 unspecified atom stereocenters. The van der Waals surface area contributed by atoms with Crippen LogP contribution in [-0.2, 0) is 9.59 Å². The van der Waals surface area contributed by atoms with E-state index in [2.05, 4.69) is 15.1 Å². The van der Waals surface area contributed by atoms with E-state index >= 15 is 0 Å². The van der Waals surface area contributed by atoms with Gasteiger partial charge >= 0.3 is 0 Å². The summed E-state index contributed by atoms with van der Waals surface area (Å²) in [6, 6.07) is 15.1.